The van der Waals surface area contributed by atoms with E-state index in [9.17, 15) is 8.78 Å². The summed E-state index contributed by atoms with van der Waals surface area (Å²) >= 11 is 0. The van der Waals surface area contributed by atoms with Crippen LogP contribution in [0.25, 0.3) is 11.3 Å². The topological polar surface area (TPSA) is 51.8 Å². The minimum atomic E-state index is -0.692. The van der Waals surface area contributed by atoms with E-state index in [1.807, 2.05) is 0 Å². The lowest BCUT2D eigenvalue weighted by Gasteiger charge is -2.10. The minimum Gasteiger partial charge on any atom is -0.382 e. The average molecular weight is 249 g/mol. The SMILES string of the molecule is Cc1ccc(F)c(-c2nc(C)c(C)nc2N)c1F. The van der Waals surface area contributed by atoms with E-state index >= 15 is 0 Å². The molecule has 1 heterocycles. The molecule has 0 aliphatic rings. The van der Waals surface area contributed by atoms with Crippen molar-refractivity contribution in [2.75, 3.05) is 5.73 Å². The van der Waals surface area contributed by atoms with Crippen molar-refractivity contribution in [2.45, 2.75) is 20.8 Å². The molecule has 0 amide bonds. The number of nitrogens with zero attached hydrogens (tertiary/aromatic N) is 2. The summed E-state index contributed by atoms with van der Waals surface area (Å²) in [7, 11) is 0. The van der Waals surface area contributed by atoms with Crippen LogP contribution < -0.4 is 5.73 Å². The van der Waals surface area contributed by atoms with Crippen LogP contribution in [0.2, 0.25) is 0 Å². The molecule has 0 bridgehead atoms. The molecule has 18 heavy (non-hydrogen) atoms. The Kier molecular flexibility index (Phi) is 2.98. The second kappa shape index (κ2) is 4.33. The minimum absolute atomic E-state index is 0.0292. The van der Waals surface area contributed by atoms with Gasteiger partial charge in [0.2, 0.25) is 0 Å². The van der Waals surface area contributed by atoms with Gasteiger partial charge in [0, 0.05) is 0 Å². The maximum atomic E-state index is 14.0. The zero-order chi connectivity index (χ0) is 13.4. The first-order chi connectivity index (χ1) is 8.41. The van der Waals surface area contributed by atoms with Gasteiger partial charge in [0.05, 0.1) is 17.0 Å². The lowest BCUT2D eigenvalue weighted by Crippen LogP contribution is -2.05. The molecule has 2 rings (SSSR count). The van der Waals surface area contributed by atoms with Gasteiger partial charge in [0.15, 0.2) is 5.82 Å². The molecule has 2 aromatic rings. The number of halogens is 2. The summed E-state index contributed by atoms with van der Waals surface area (Å²) in [6.45, 7) is 5.02. The molecule has 0 unspecified atom stereocenters. The molecule has 1 aromatic heterocycles. The van der Waals surface area contributed by atoms with Gasteiger partial charge < -0.3 is 5.73 Å². The van der Waals surface area contributed by atoms with Crippen LogP contribution in [-0.4, -0.2) is 9.97 Å². The van der Waals surface area contributed by atoms with Crippen molar-refractivity contribution >= 4 is 5.82 Å². The first-order valence-electron chi connectivity index (χ1n) is 5.47. The van der Waals surface area contributed by atoms with Gasteiger partial charge >= 0.3 is 0 Å². The number of hydrogen-bond acceptors (Lipinski definition) is 3. The fraction of sp³-hybridized carbons (Fsp3) is 0.231. The molecule has 0 fully saturated rings. The molecule has 1 aromatic carbocycles. The summed E-state index contributed by atoms with van der Waals surface area (Å²) in [5.74, 6) is -1.32. The summed E-state index contributed by atoms with van der Waals surface area (Å²) < 4.78 is 27.8. The molecule has 94 valence electrons. The summed E-state index contributed by atoms with van der Waals surface area (Å²) in [4.78, 5) is 8.18. The van der Waals surface area contributed by atoms with Crippen LogP contribution >= 0.6 is 0 Å². The van der Waals surface area contributed by atoms with E-state index in [-0.39, 0.29) is 17.1 Å². The standard InChI is InChI=1S/C13H13F2N3/c1-6-4-5-9(14)10(11(6)15)12-13(16)18-8(3)7(2)17-12/h4-5H,1-3H3,(H2,16,18). The predicted molar refractivity (Wildman–Crippen MR) is 66.0 cm³/mol. The number of nitrogen functional groups attached to an aromatic ring is 1. The summed E-state index contributed by atoms with van der Waals surface area (Å²) in [5, 5.41) is 0. The van der Waals surface area contributed by atoms with Gasteiger partial charge in [-0.25, -0.2) is 18.7 Å². The monoisotopic (exact) mass is 249 g/mol. The number of rotatable bonds is 1. The second-order valence-corrected chi connectivity index (χ2v) is 4.18. The van der Waals surface area contributed by atoms with E-state index in [4.69, 9.17) is 5.73 Å². The highest BCUT2D eigenvalue weighted by Crippen LogP contribution is 2.30. The predicted octanol–water partition coefficient (Wildman–Crippen LogP) is 2.93. The first-order valence-corrected chi connectivity index (χ1v) is 5.47. The largest absolute Gasteiger partial charge is 0.382 e. The number of anilines is 1. The van der Waals surface area contributed by atoms with Crippen molar-refractivity contribution in [3.8, 4) is 11.3 Å². The van der Waals surface area contributed by atoms with Gasteiger partial charge in [0.1, 0.15) is 17.3 Å². The lowest BCUT2D eigenvalue weighted by molar-refractivity contribution is 0.582. The third-order valence-corrected chi connectivity index (χ3v) is 2.85. The van der Waals surface area contributed by atoms with E-state index in [2.05, 4.69) is 9.97 Å². The first kappa shape index (κ1) is 12.4. The van der Waals surface area contributed by atoms with Crippen LogP contribution in [0.5, 0.6) is 0 Å². The third kappa shape index (κ3) is 1.92. The molecule has 0 spiro atoms. The number of aryl methyl sites for hydroxylation is 3. The maximum absolute atomic E-state index is 14.0. The van der Waals surface area contributed by atoms with E-state index in [1.165, 1.54) is 12.1 Å². The quantitative estimate of drug-likeness (QED) is 0.845. The van der Waals surface area contributed by atoms with Gasteiger partial charge in [-0.3, -0.25) is 0 Å². The highest BCUT2D eigenvalue weighted by molar-refractivity contribution is 5.71. The van der Waals surface area contributed by atoms with Crippen molar-refractivity contribution in [2.24, 2.45) is 0 Å². The van der Waals surface area contributed by atoms with Gasteiger partial charge in [-0.1, -0.05) is 6.07 Å². The molecule has 5 heteroatoms. The number of aromatic nitrogens is 2. The Balaban J connectivity index is 2.77. The van der Waals surface area contributed by atoms with E-state index < -0.39 is 11.6 Å². The van der Waals surface area contributed by atoms with Crippen molar-refractivity contribution < 1.29 is 8.78 Å². The molecule has 0 saturated carbocycles. The van der Waals surface area contributed by atoms with Crippen LogP contribution in [0.3, 0.4) is 0 Å². The van der Waals surface area contributed by atoms with Gasteiger partial charge in [0.25, 0.3) is 0 Å². The van der Waals surface area contributed by atoms with Gasteiger partial charge in [-0.15, -0.1) is 0 Å². The highest BCUT2D eigenvalue weighted by atomic mass is 19.1. The normalized spacial score (nSPS) is 10.7. The van der Waals surface area contributed by atoms with Gasteiger partial charge in [-0.05, 0) is 32.4 Å². The maximum Gasteiger partial charge on any atom is 0.150 e. The molecule has 0 saturated heterocycles. The fourth-order valence-electron chi connectivity index (χ4n) is 1.68. The van der Waals surface area contributed by atoms with Crippen LogP contribution in [-0.2, 0) is 0 Å². The molecule has 2 N–H and O–H groups in total. The Hall–Kier alpha value is -2.04. The average Bonchev–Trinajstić information content (AvgIpc) is 2.31. The molecular weight excluding hydrogens is 236 g/mol. The van der Waals surface area contributed by atoms with Crippen LogP contribution in [0.15, 0.2) is 12.1 Å². The van der Waals surface area contributed by atoms with Crippen molar-refractivity contribution in [1.82, 2.24) is 9.97 Å². The number of nitrogens with two attached hydrogens (primary N) is 1. The lowest BCUT2D eigenvalue weighted by atomic mass is 10.1. The summed E-state index contributed by atoms with van der Waals surface area (Å²) in [6, 6.07) is 2.57. The van der Waals surface area contributed by atoms with Crippen molar-refractivity contribution in [3.63, 3.8) is 0 Å². The van der Waals surface area contributed by atoms with Crippen molar-refractivity contribution in [3.05, 3.63) is 40.7 Å². The zero-order valence-corrected chi connectivity index (χ0v) is 10.4. The molecule has 0 atom stereocenters. The second-order valence-electron chi connectivity index (χ2n) is 4.18. The smallest absolute Gasteiger partial charge is 0.150 e. The summed E-state index contributed by atoms with van der Waals surface area (Å²) in [5.41, 5.74) is 7.12. The number of hydrogen-bond donors (Lipinski definition) is 1. The molecule has 3 nitrogen and oxygen atoms in total. The fourth-order valence-corrected chi connectivity index (χ4v) is 1.68. The number of benzene rings is 1. The van der Waals surface area contributed by atoms with E-state index in [1.54, 1.807) is 20.8 Å². The van der Waals surface area contributed by atoms with Gasteiger partial charge in [-0.2, -0.15) is 0 Å². The summed E-state index contributed by atoms with van der Waals surface area (Å²) in [6.07, 6.45) is 0. The Morgan fingerprint density at radius 2 is 1.61 bits per heavy atom. The zero-order valence-electron chi connectivity index (χ0n) is 10.4. The Morgan fingerprint density at radius 1 is 1.00 bits per heavy atom. The van der Waals surface area contributed by atoms with Crippen LogP contribution in [0, 0.1) is 32.4 Å². The Bertz CT molecular complexity index is 624. The van der Waals surface area contributed by atoms with Crippen LogP contribution in [0.1, 0.15) is 17.0 Å². The van der Waals surface area contributed by atoms with E-state index in [0.29, 0.717) is 17.0 Å². The highest BCUT2D eigenvalue weighted by Gasteiger charge is 2.18. The van der Waals surface area contributed by atoms with Crippen molar-refractivity contribution in [1.29, 1.82) is 0 Å². The van der Waals surface area contributed by atoms with Crippen LogP contribution in [0.4, 0.5) is 14.6 Å². The molecule has 0 radical (unpaired) electrons. The molecular formula is C13H13F2N3. The Labute approximate surface area is 104 Å². The molecule has 0 aliphatic carbocycles. The molecule has 0 aliphatic heterocycles. The Morgan fingerprint density at radius 3 is 2.28 bits per heavy atom. The third-order valence-electron chi connectivity index (χ3n) is 2.85. The van der Waals surface area contributed by atoms with E-state index in [0.717, 1.165) is 0 Å².